The summed E-state index contributed by atoms with van der Waals surface area (Å²) in [4.78, 5) is 32.1. The van der Waals surface area contributed by atoms with Crippen molar-refractivity contribution in [2.75, 3.05) is 26.3 Å². The van der Waals surface area contributed by atoms with Gasteiger partial charge in [-0.1, -0.05) is 6.92 Å². The van der Waals surface area contributed by atoms with Crippen molar-refractivity contribution in [1.29, 1.82) is 0 Å². The topological polar surface area (TPSA) is 165 Å². The van der Waals surface area contributed by atoms with Crippen LogP contribution in [-0.2, 0) is 18.7 Å². The maximum atomic E-state index is 11.9. The van der Waals surface area contributed by atoms with Crippen LogP contribution < -0.4 is 0 Å². The molecule has 11 heteroatoms. The van der Waals surface area contributed by atoms with E-state index < -0.39 is 51.2 Å². The van der Waals surface area contributed by atoms with E-state index in [9.17, 15) is 19.0 Å². The molecule has 0 spiro atoms. The first-order valence-corrected chi connectivity index (χ1v) is 7.25. The molecule has 20 heavy (non-hydrogen) atoms. The van der Waals surface area contributed by atoms with Crippen molar-refractivity contribution >= 4 is 19.5 Å². The van der Waals surface area contributed by atoms with Crippen LogP contribution in [0.2, 0.25) is 0 Å². The van der Waals surface area contributed by atoms with Crippen LogP contribution in [0.25, 0.3) is 0 Å². The zero-order valence-corrected chi connectivity index (χ0v) is 11.6. The first kappa shape index (κ1) is 19.0. The van der Waals surface area contributed by atoms with E-state index >= 15 is 0 Å². The number of rotatable bonds is 10. The number of hydrogen-bond acceptors (Lipinski definition) is 7. The Morgan fingerprint density at radius 2 is 1.90 bits per heavy atom. The van der Waals surface area contributed by atoms with E-state index in [1.807, 2.05) is 0 Å². The molecule has 0 aliphatic carbocycles. The molecule has 5 N–H and O–H groups in total. The Morgan fingerprint density at radius 1 is 1.35 bits per heavy atom. The summed E-state index contributed by atoms with van der Waals surface area (Å²) in [5.41, 5.74) is 0. The zero-order valence-electron chi connectivity index (χ0n) is 10.7. The van der Waals surface area contributed by atoms with E-state index in [1.165, 1.54) is 6.92 Å². The number of hydrogen-bond donors (Lipinski definition) is 5. The number of aliphatic hydroxyl groups excluding tert-OH is 2. The molecule has 3 atom stereocenters. The van der Waals surface area contributed by atoms with Gasteiger partial charge in [0.25, 0.3) is 0 Å². The number of carboxylic acids is 2. The fourth-order valence-corrected chi connectivity index (χ4v) is 2.83. The minimum absolute atomic E-state index is 0.111. The normalized spacial score (nSPS) is 17.4. The molecular formula is C9H18NO9P. The van der Waals surface area contributed by atoms with Gasteiger partial charge >= 0.3 is 19.5 Å². The first-order chi connectivity index (χ1) is 9.15. The molecule has 0 amide bonds. The van der Waals surface area contributed by atoms with Crippen LogP contribution in [0.5, 0.6) is 0 Å². The molecule has 0 radical (unpaired) electrons. The minimum Gasteiger partial charge on any atom is -0.480 e. The van der Waals surface area contributed by atoms with Gasteiger partial charge in [-0.3, -0.25) is 14.3 Å². The highest BCUT2D eigenvalue weighted by molar-refractivity contribution is 7.54. The number of aliphatic carboxylic acids is 2. The summed E-state index contributed by atoms with van der Waals surface area (Å²) in [6, 6.07) is 0. The summed E-state index contributed by atoms with van der Waals surface area (Å²) in [5.74, 6) is -5.17. The SMILES string of the molecule is CCN(CC(=O)O)C(C(=O)O)P(=O)(O)OC[C@@H](O)CO. The van der Waals surface area contributed by atoms with Crippen molar-refractivity contribution in [1.82, 2.24) is 4.90 Å². The average molecular weight is 315 g/mol. The lowest BCUT2D eigenvalue weighted by molar-refractivity contribution is -0.143. The molecule has 0 rings (SSSR count). The highest BCUT2D eigenvalue weighted by Crippen LogP contribution is 2.49. The van der Waals surface area contributed by atoms with Crippen molar-refractivity contribution in [3.8, 4) is 0 Å². The lowest BCUT2D eigenvalue weighted by Gasteiger charge is -2.28. The number of aliphatic hydroxyl groups is 2. The molecule has 0 aromatic heterocycles. The Hall–Kier alpha value is -1.03. The van der Waals surface area contributed by atoms with Gasteiger partial charge in [-0.2, -0.15) is 0 Å². The van der Waals surface area contributed by atoms with Gasteiger partial charge < -0.3 is 29.8 Å². The van der Waals surface area contributed by atoms with E-state index in [0.29, 0.717) is 0 Å². The van der Waals surface area contributed by atoms with Gasteiger partial charge in [-0.25, -0.2) is 4.79 Å². The van der Waals surface area contributed by atoms with E-state index in [1.54, 1.807) is 0 Å². The Bertz CT molecular complexity index is 388. The minimum atomic E-state index is -4.76. The largest absolute Gasteiger partial charge is 0.480 e. The van der Waals surface area contributed by atoms with E-state index in [0.717, 1.165) is 4.90 Å². The lowest BCUT2D eigenvalue weighted by atomic mass is 10.4. The molecule has 0 saturated carbocycles. The van der Waals surface area contributed by atoms with Crippen LogP contribution in [0.15, 0.2) is 0 Å². The Kier molecular flexibility index (Phi) is 7.87. The maximum absolute atomic E-state index is 11.9. The predicted molar refractivity (Wildman–Crippen MR) is 65.2 cm³/mol. The van der Waals surface area contributed by atoms with Crippen LogP contribution in [0.4, 0.5) is 0 Å². The maximum Gasteiger partial charge on any atom is 0.356 e. The predicted octanol–water partition coefficient (Wildman–Crippen LogP) is -1.64. The molecule has 2 unspecified atom stereocenters. The standard InChI is InChI=1S/C9H18NO9P/c1-2-10(3-7(13)14)8(9(15)16)20(17,18)19-5-6(12)4-11/h6,8,11-12H,2-5H2,1H3,(H,13,14)(H,15,16)(H,17,18)/t6-,8?/m0/s1. The van der Waals surface area contributed by atoms with Gasteiger partial charge in [0.1, 0.15) is 6.10 Å². The molecule has 0 heterocycles. The summed E-state index contributed by atoms with van der Waals surface area (Å²) < 4.78 is 16.3. The second-order valence-electron chi connectivity index (χ2n) is 3.87. The third kappa shape index (κ3) is 5.95. The zero-order chi connectivity index (χ0) is 15.9. The second-order valence-corrected chi connectivity index (χ2v) is 5.74. The number of carboxylic acid groups (broad SMARTS) is 2. The van der Waals surface area contributed by atoms with Gasteiger partial charge in [0.05, 0.1) is 19.8 Å². The molecule has 0 saturated heterocycles. The van der Waals surface area contributed by atoms with Crippen molar-refractivity contribution in [3.05, 3.63) is 0 Å². The van der Waals surface area contributed by atoms with Crippen LogP contribution in [0.1, 0.15) is 6.92 Å². The second kappa shape index (κ2) is 8.30. The number of likely N-dealkylation sites (N-methyl/N-ethyl adjacent to an activating group) is 1. The lowest BCUT2D eigenvalue weighted by Crippen LogP contribution is -2.44. The monoisotopic (exact) mass is 315 g/mol. The number of nitrogens with zero attached hydrogens (tertiary/aromatic N) is 1. The van der Waals surface area contributed by atoms with Crippen molar-refractivity contribution in [2.24, 2.45) is 0 Å². The van der Waals surface area contributed by atoms with Gasteiger partial charge in [0.2, 0.25) is 5.78 Å². The van der Waals surface area contributed by atoms with Crippen LogP contribution in [0.3, 0.4) is 0 Å². The Labute approximate surface area is 114 Å². The van der Waals surface area contributed by atoms with Gasteiger partial charge in [-0.05, 0) is 6.54 Å². The summed E-state index contributed by atoms with van der Waals surface area (Å²) in [5, 5.41) is 35.2. The molecule has 0 aliphatic heterocycles. The summed E-state index contributed by atoms with van der Waals surface area (Å²) >= 11 is 0. The molecule has 0 aromatic rings. The smallest absolute Gasteiger partial charge is 0.356 e. The van der Waals surface area contributed by atoms with Crippen molar-refractivity contribution < 1.29 is 44.0 Å². The van der Waals surface area contributed by atoms with Crippen LogP contribution in [-0.4, -0.2) is 80.3 Å². The van der Waals surface area contributed by atoms with E-state index in [2.05, 4.69) is 4.52 Å². The fourth-order valence-electron chi connectivity index (χ4n) is 1.36. The number of carbonyl (C=O) groups is 2. The highest BCUT2D eigenvalue weighted by Gasteiger charge is 2.43. The Morgan fingerprint density at radius 3 is 2.25 bits per heavy atom. The first-order valence-electron chi connectivity index (χ1n) is 5.60. The average Bonchev–Trinajstić information content (AvgIpc) is 2.33. The fraction of sp³-hybridized carbons (Fsp3) is 0.778. The third-order valence-electron chi connectivity index (χ3n) is 2.28. The summed E-state index contributed by atoms with van der Waals surface area (Å²) in [6.45, 7) is -0.936. The molecule has 0 bridgehead atoms. The van der Waals surface area contributed by atoms with E-state index in [-0.39, 0.29) is 6.54 Å². The molecule has 118 valence electrons. The molecule has 10 nitrogen and oxygen atoms in total. The van der Waals surface area contributed by atoms with Crippen molar-refractivity contribution in [2.45, 2.75) is 18.8 Å². The van der Waals surface area contributed by atoms with Crippen LogP contribution in [0, 0.1) is 0 Å². The van der Waals surface area contributed by atoms with Gasteiger partial charge in [0.15, 0.2) is 0 Å². The third-order valence-corrected chi connectivity index (χ3v) is 3.97. The summed E-state index contributed by atoms with van der Waals surface area (Å²) in [7, 11) is -4.76. The molecule has 0 aromatic carbocycles. The van der Waals surface area contributed by atoms with Crippen LogP contribution >= 0.6 is 7.60 Å². The van der Waals surface area contributed by atoms with Gasteiger partial charge in [0, 0.05) is 0 Å². The highest BCUT2D eigenvalue weighted by atomic mass is 31.2. The van der Waals surface area contributed by atoms with Crippen molar-refractivity contribution in [3.63, 3.8) is 0 Å². The van der Waals surface area contributed by atoms with E-state index in [4.69, 9.17) is 20.4 Å². The molecular weight excluding hydrogens is 297 g/mol. The molecule has 0 aliphatic rings. The summed E-state index contributed by atoms with van der Waals surface area (Å²) in [6.07, 6.45) is -1.44. The quantitative estimate of drug-likeness (QED) is 0.295. The van der Waals surface area contributed by atoms with Gasteiger partial charge in [-0.15, -0.1) is 0 Å². The Balaban J connectivity index is 5.08. The molecule has 0 fully saturated rings.